The standard InChI is InChI=1S/C14H18N2O/c15-11-6-7-12-13(9-11)17-14(16-12)8-10-4-2-1-3-5-10/h6-7,9-10H,1-5,8,15H2. The molecule has 90 valence electrons. The second kappa shape index (κ2) is 4.40. The van der Waals surface area contributed by atoms with Gasteiger partial charge in [0.05, 0.1) is 0 Å². The first-order chi connectivity index (χ1) is 8.31. The molecule has 3 nitrogen and oxygen atoms in total. The first-order valence-electron chi connectivity index (χ1n) is 6.46. The van der Waals surface area contributed by atoms with E-state index in [2.05, 4.69) is 4.98 Å². The lowest BCUT2D eigenvalue weighted by Crippen LogP contribution is -2.09. The summed E-state index contributed by atoms with van der Waals surface area (Å²) in [5, 5.41) is 0. The number of anilines is 1. The summed E-state index contributed by atoms with van der Waals surface area (Å²) >= 11 is 0. The molecule has 0 bridgehead atoms. The zero-order valence-electron chi connectivity index (χ0n) is 9.98. The number of nitrogens with two attached hydrogens (primary N) is 1. The number of fused-ring (bicyclic) bond motifs is 1. The summed E-state index contributed by atoms with van der Waals surface area (Å²) in [7, 11) is 0. The van der Waals surface area contributed by atoms with Crippen LogP contribution in [0.2, 0.25) is 0 Å². The zero-order valence-corrected chi connectivity index (χ0v) is 9.98. The smallest absolute Gasteiger partial charge is 0.195 e. The molecule has 1 aliphatic rings. The van der Waals surface area contributed by atoms with Crippen molar-refractivity contribution in [2.75, 3.05) is 5.73 Å². The summed E-state index contributed by atoms with van der Waals surface area (Å²) in [5.41, 5.74) is 8.20. The average Bonchev–Trinajstić information content (AvgIpc) is 2.71. The van der Waals surface area contributed by atoms with Gasteiger partial charge in [-0.25, -0.2) is 4.98 Å². The van der Waals surface area contributed by atoms with Crippen LogP contribution < -0.4 is 5.73 Å². The van der Waals surface area contributed by atoms with E-state index in [0.29, 0.717) is 0 Å². The lowest BCUT2D eigenvalue weighted by Gasteiger charge is -2.19. The molecule has 0 spiro atoms. The number of oxazole rings is 1. The molecule has 0 radical (unpaired) electrons. The van der Waals surface area contributed by atoms with Crippen molar-refractivity contribution in [3.8, 4) is 0 Å². The molecule has 2 aromatic rings. The molecule has 17 heavy (non-hydrogen) atoms. The second-order valence-electron chi connectivity index (χ2n) is 5.04. The molecule has 0 unspecified atom stereocenters. The van der Waals surface area contributed by atoms with Crippen LogP contribution in [0.5, 0.6) is 0 Å². The first kappa shape index (κ1) is 10.6. The number of hydrogen-bond donors (Lipinski definition) is 1. The van der Waals surface area contributed by atoms with Crippen molar-refractivity contribution in [1.29, 1.82) is 0 Å². The quantitative estimate of drug-likeness (QED) is 0.803. The van der Waals surface area contributed by atoms with E-state index in [1.165, 1.54) is 32.1 Å². The molecule has 0 atom stereocenters. The SMILES string of the molecule is Nc1ccc2nc(CC3CCCCC3)oc2c1. The highest BCUT2D eigenvalue weighted by molar-refractivity contribution is 5.76. The van der Waals surface area contributed by atoms with Gasteiger partial charge in [-0.1, -0.05) is 19.3 Å². The van der Waals surface area contributed by atoms with Gasteiger partial charge in [0.1, 0.15) is 5.52 Å². The van der Waals surface area contributed by atoms with Gasteiger partial charge in [0, 0.05) is 18.2 Å². The van der Waals surface area contributed by atoms with Gasteiger partial charge in [-0.2, -0.15) is 0 Å². The Kier molecular flexibility index (Phi) is 2.75. The van der Waals surface area contributed by atoms with Gasteiger partial charge in [-0.15, -0.1) is 0 Å². The van der Waals surface area contributed by atoms with Crippen molar-refractivity contribution < 1.29 is 4.42 Å². The summed E-state index contributed by atoms with van der Waals surface area (Å²) in [6, 6.07) is 5.65. The van der Waals surface area contributed by atoms with E-state index in [9.17, 15) is 0 Å². The highest BCUT2D eigenvalue weighted by atomic mass is 16.3. The van der Waals surface area contributed by atoms with Gasteiger partial charge in [0.25, 0.3) is 0 Å². The Hall–Kier alpha value is -1.51. The maximum atomic E-state index is 5.76. The number of aromatic nitrogens is 1. The van der Waals surface area contributed by atoms with Crippen LogP contribution in [0, 0.1) is 5.92 Å². The van der Waals surface area contributed by atoms with Crippen molar-refractivity contribution in [1.82, 2.24) is 4.98 Å². The lowest BCUT2D eigenvalue weighted by atomic mass is 9.87. The summed E-state index contributed by atoms with van der Waals surface area (Å²) in [6.07, 6.45) is 7.73. The summed E-state index contributed by atoms with van der Waals surface area (Å²) in [5.74, 6) is 1.63. The molecule has 0 amide bonds. The van der Waals surface area contributed by atoms with Gasteiger partial charge >= 0.3 is 0 Å². The van der Waals surface area contributed by atoms with Crippen LogP contribution in [0.1, 0.15) is 38.0 Å². The Morgan fingerprint density at radius 1 is 1.24 bits per heavy atom. The maximum Gasteiger partial charge on any atom is 0.195 e. The lowest BCUT2D eigenvalue weighted by molar-refractivity contribution is 0.332. The Morgan fingerprint density at radius 3 is 2.88 bits per heavy atom. The Labute approximate surface area is 101 Å². The van der Waals surface area contributed by atoms with Gasteiger partial charge in [0.15, 0.2) is 11.5 Å². The molecule has 3 heteroatoms. The zero-order chi connectivity index (χ0) is 11.7. The van der Waals surface area contributed by atoms with E-state index in [0.717, 1.165) is 35.0 Å². The van der Waals surface area contributed by atoms with Crippen LogP contribution >= 0.6 is 0 Å². The molecule has 1 fully saturated rings. The Bertz CT molecular complexity index is 512. The third-order valence-corrected chi connectivity index (χ3v) is 3.64. The number of nitrogens with zero attached hydrogens (tertiary/aromatic N) is 1. The highest BCUT2D eigenvalue weighted by Gasteiger charge is 2.17. The molecule has 2 N–H and O–H groups in total. The van der Waals surface area contributed by atoms with Gasteiger partial charge in [-0.3, -0.25) is 0 Å². The van der Waals surface area contributed by atoms with E-state index in [1.54, 1.807) is 0 Å². The van der Waals surface area contributed by atoms with Crippen LogP contribution in [0.15, 0.2) is 22.6 Å². The third-order valence-electron chi connectivity index (χ3n) is 3.64. The molecule has 1 aliphatic carbocycles. The third kappa shape index (κ3) is 2.28. The van der Waals surface area contributed by atoms with Crippen molar-refractivity contribution in [3.05, 3.63) is 24.1 Å². The molecule has 0 saturated heterocycles. The molecule has 1 aromatic heterocycles. The molecule has 3 rings (SSSR count). The van der Waals surface area contributed by atoms with Crippen LogP contribution in [0.3, 0.4) is 0 Å². The van der Waals surface area contributed by atoms with Crippen LogP contribution in [0.4, 0.5) is 5.69 Å². The van der Waals surface area contributed by atoms with E-state index < -0.39 is 0 Å². The Morgan fingerprint density at radius 2 is 2.06 bits per heavy atom. The molecule has 1 aromatic carbocycles. The van der Waals surface area contributed by atoms with E-state index in [1.807, 2.05) is 18.2 Å². The van der Waals surface area contributed by atoms with E-state index in [4.69, 9.17) is 10.2 Å². The largest absolute Gasteiger partial charge is 0.441 e. The predicted octanol–water partition coefficient (Wildman–Crippen LogP) is 3.53. The van der Waals surface area contributed by atoms with Crippen LogP contribution in [0.25, 0.3) is 11.1 Å². The highest BCUT2D eigenvalue weighted by Crippen LogP contribution is 2.28. The topological polar surface area (TPSA) is 52.0 Å². The maximum absolute atomic E-state index is 5.76. The Balaban J connectivity index is 1.80. The molecule has 0 aliphatic heterocycles. The van der Waals surface area contributed by atoms with Crippen molar-refractivity contribution in [3.63, 3.8) is 0 Å². The molecular formula is C14H18N2O. The first-order valence-corrected chi connectivity index (χ1v) is 6.46. The minimum Gasteiger partial charge on any atom is -0.441 e. The fraction of sp³-hybridized carbons (Fsp3) is 0.500. The summed E-state index contributed by atoms with van der Waals surface area (Å²) in [6.45, 7) is 0. The number of rotatable bonds is 2. The van der Waals surface area contributed by atoms with Crippen LogP contribution in [-0.2, 0) is 6.42 Å². The van der Waals surface area contributed by atoms with E-state index in [-0.39, 0.29) is 0 Å². The normalized spacial score (nSPS) is 17.6. The van der Waals surface area contributed by atoms with Gasteiger partial charge in [0.2, 0.25) is 0 Å². The van der Waals surface area contributed by atoms with Crippen molar-refractivity contribution >= 4 is 16.8 Å². The summed E-state index contributed by atoms with van der Waals surface area (Å²) < 4.78 is 5.76. The minimum atomic E-state index is 0.734. The molecule has 1 heterocycles. The molecular weight excluding hydrogens is 212 g/mol. The minimum absolute atomic E-state index is 0.734. The fourth-order valence-electron chi connectivity index (χ4n) is 2.71. The average molecular weight is 230 g/mol. The van der Waals surface area contributed by atoms with Crippen LogP contribution in [-0.4, -0.2) is 4.98 Å². The summed E-state index contributed by atoms with van der Waals surface area (Å²) in [4.78, 5) is 4.53. The van der Waals surface area contributed by atoms with Gasteiger partial charge in [-0.05, 0) is 30.9 Å². The van der Waals surface area contributed by atoms with E-state index >= 15 is 0 Å². The predicted molar refractivity (Wildman–Crippen MR) is 68.7 cm³/mol. The second-order valence-corrected chi connectivity index (χ2v) is 5.04. The van der Waals surface area contributed by atoms with Crippen molar-refractivity contribution in [2.45, 2.75) is 38.5 Å². The number of benzene rings is 1. The number of nitrogen functional groups attached to an aromatic ring is 1. The fourth-order valence-corrected chi connectivity index (χ4v) is 2.71. The monoisotopic (exact) mass is 230 g/mol. The van der Waals surface area contributed by atoms with Crippen molar-refractivity contribution in [2.24, 2.45) is 5.92 Å². The van der Waals surface area contributed by atoms with Gasteiger partial charge < -0.3 is 10.2 Å². The molecule has 1 saturated carbocycles. The number of hydrogen-bond acceptors (Lipinski definition) is 3.